The molecule has 0 aromatic carbocycles. The van der Waals surface area contributed by atoms with E-state index in [-0.39, 0.29) is 24.0 Å². The van der Waals surface area contributed by atoms with E-state index in [0.29, 0.717) is 19.4 Å². The molecule has 0 aliphatic carbocycles. The standard InChI is InChI=1S/C7H13N3O2.ClH/c1-12-6(11)2-3-7(4-5-8)9-10-7;/h2-5,8H2,1H3;1H. The highest BCUT2D eigenvalue weighted by Gasteiger charge is 2.39. The summed E-state index contributed by atoms with van der Waals surface area (Å²) in [6.07, 6.45) is 1.71. The monoisotopic (exact) mass is 207 g/mol. The van der Waals surface area contributed by atoms with Gasteiger partial charge in [0.25, 0.3) is 0 Å². The molecule has 0 unspecified atom stereocenters. The fraction of sp³-hybridized carbons (Fsp3) is 0.857. The number of hydrogen-bond donors (Lipinski definition) is 1. The van der Waals surface area contributed by atoms with E-state index in [1.807, 2.05) is 0 Å². The zero-order valence-corrected chi connectivity index (χ0v) is 8.34. The minimum atomic E-state index is -0.344. The van der Waals surface area contributed by atoms with Gasteiger partial charge in [0.15, 0.2) is 5.66 Å². The Bertz CT molecular complexity index is 202. The van der Waals surface area contributed by atoms with Gasteiger partial charge in [-0.3, -0.25) is 4.79 Å². The van der Waals surface area contributed by atoms with Gasteiger partial charge < -0.3 is 10.5 Å². The van der Waals surface area contributed by atoms with E-state index in [1.165, 1.54) is 7.11 Å². The Morgan fingerprint density at radius 3 is 2.46 bits per heavy atom. The number of hydrogen-bond acceptors (Lipinski definition) is 5. The minimum Gasteiger partial charge on any atom is -0.469 e. The van der Waals surface area contributed by atoms with E-state index >= 15 is 0 Å². The lowest BCUT2D eigenvalue weighted by molar-refractivity contribution is -0.140. The number of nitrogens with zero attached hydrogens (tertiary/aromatic N) is 2. The first-order valence-electron chi connectivity index (χ1n) is 3.93. The third-order valence-corrected chi connectivity index (χ3v) is 1.88. The van der Waals surface area contributed by atoms with Gasteiger partial charge in [0, 0.05) is 19.3 Å². The first-order chi connectivity index (χ1) is 5.72. The third kappa shape index (κ3) is 3.69. The summed E-state index contributed by atoms with van der Waals surface area (Å²) in [7, 11) is 1.37. The number of carbonyl (C=O) groups is 1. The van der Waals surface area contributed by atoms with Crippen LogP contribution in [0.5, 0.6) is 0 Å². The molecule has 1 aliphatic heterocycles. The topological polar surface area (TPSA) is 77.0 Å². The highest BCUT2D eigenvalue weighted by Crippen LogP contribution is 2.35. The largest absolute Gasteiger partial charge is 0.469 e. The van der Waals surface area contributed by atoms with E-state index in [9.17, 15) is 4.79 Å². The smallest absolute Gasteiger partial charge is 0.305 e. The first-order valence-corrected chi connectivity index (χ1v) is 3.93. The number of methoxy groups -OCH3 is 1. The molecule has 76 valence electrons. The SMILES string of the molecule is COC(=O)CCC1(CCN)N=N1.Cl. The minimum absolute atomic E-state index is 0. The third-order valence-electron chi connectivity index (χ3n) is 1.88. The lowest BCUT2D eigenvalue weighted by atomic mass is 10.0. The van der Waals surface area contributed by atoms with Gasteiger partial charge in [-0.2, -0.15) is 10.2 Å². The predicted octanol–water partition coefficient (Wildman–Crippen LogP) is 0.872. The van der Waals surface area contributed by atoms with E-state index in [1.54, 1.807) is 0 Å². The first kappa shape index (κ1) is 12.3. The summed E-state index contributed by atoms with van der Waals surface area (Å²) in [6.45, 7) is 0.550. The molecule has 0 radical (unpaired) electrons. The van der Waals surface area contributed by atoms with E-state index in [4.69, 9.17) is 5.73 Å². The maximum atomic E-state index is 10.8. The Morgan fingerprint density at radius 1 is 1.46 bits per heavy atom. The second-order valence-electron chi connectivity index (χ2n) is 2.80. The van der Waals surface area contributed by atoms with Crippen LogP contribution in [0.1, 0.15) is 19.3 Å². The van der Waals surface area contributed by atoms with Crippen molar-refractivity contribution in [2.45, 2.75) is 24.9 Å². The molecule has 2 N–H and O–H groups in total. The molecule has 5 nitrogen and oxygen atoms in total. The molecule has 0 spiro atoms. The number of rotatable bonds is 5. The maximum absolute atomic E-state index is 10.8. The molecule has 1 heterocycles. The van der Waals surface area contributed by atoms with Gasteiger partial charge in [-0.15, -0.1) is 12.4 Å². The van der Waals surface area contributed by atoms with Gasteiger partial charge in [0.1, 0.15) is 0 Å². The highest BCUT2D eigenvalue weighted by molar-refractivity contribution is 5.85. The number of ether oxygens (including phenoxy) is 1. The molecule has 0 fully saturated rings. The molecular weight excluding hydrogens is 194 g/mol. The lowest BCUT2D eigenvalue weighted by Gasteiger charge is -2.06. The quantitative estimate of drug-likeness (QED) is 0.680. The second-order valence-corrected chi connectivity index (χ2v) is 2.80. The fourth-order valence-electron chi connectivity index (χ4n) is 1.03. The summed E-state index contributed by atoms with van der Waals surface area (Å²) in [5, 5.41) is 7.73. The lowest BCUT2D eigenvalue weighted by Crippen LogP contribution is -2.18. The van der Waals surface area contributed by atoms with Crippen LogP contribution < -0.4 is 5.73 Å². The van der Waals surface area contributed by atoms with Crippen LogP contribution >= 0.6 is 12.4 Å². The molecular formula is C7H14ClN3O2. The Kier molecular flexibility index (Phi) is 4.87. The zero-order chi connectivity index (χ0) is 9.03. The number of carbonyl (C=O) groups excluding carboxylic acids is 1. The van der Waals surface area contributed by atoms with Gasteiger partial charge in [-0.05, 0) is 6.54 Å². The Balaban J connectivity index is 0.00000144. The van der Waals surface area contributed by atoms with Crippen molar-refractivity contribution in [2.75, 3.05) is 13.7 Å². The molecule has 13 heavy (non-hydrogen) atoms. The molecule has 1 aliphatic rings. The number of halogens is 1. The summed E-state index contributed by atoms with van der Waals surface area (Å²) in [4.78, 5) is 10.8. The van der Waals surface area contributed by atoms with Crippen molar-refractivity contribution in [1.82, 2.24) is 0 Å². The molecule has 0 bridgehead atoms. The van der Waals surface area contributed by atoms with Crippen LogP contribution in [0, 0.1) is 0 Å². The van der Waals surface area contributed by atoms with Crippen molar-refractivity contribution in [3.05, 3.63) is 0 Å². The molecule has 1 rings (SSSR count). The van der Waals surface area contributed by atoms with Crippen molar-refractivity contribution >= 4 is 18.4 Å². The molecule has 0 aromatic rings. The predicted molar refractivity (Wildman–Crippen MR) is 49.8 cm³/mol. The second kappa shape index (κ2) is 5.14. The average molecular weight is 208 g/mol. The number of nitrogens with two attached hydrogens (primary N) is 1. The van der Waals surface area contributed by atoms with Crippen LogP contribution in [0.2, 0.25) is 0 Å². The van der Waals surface area contributed by atoms with Gasteiger partial charge in [-0.1, -0.05) is 0 Å². The molecule has 6 heteroatoms. The van der Waals surface area contributed by atoms with Crippen LogP contribution in [0.3, 0.4) is 0 Å². The maximum Gasteiger partial charge on any atom is 0.305 e. The van der Waals surface area contributed by atoms with Gasteiger partial charge in [0.05, 0.1) is 7.11 Å². The van der Waals surface area contributed by atoms with E-state index in [0.717, 1.165) is 6.42 Å². The van der Waals surface area contributed by atoms with Crippen LogP contribution in [0.4, 0.5) is 0 Å². The van der Waals surface area contributed by atoms with Crippen LogP contribution in [0.15, 0.2) is 10.2 Å². The van der Waals surface area contributed by atoms with E-state index < -0.39 is 0 Å². The van der Waals surface area contributed by atoms with Crippen molar-refractivity contribution < 1.29 is 9.53 Å². The molecule has 0 saturated heterocycles. The summed E-state index contributed by atoms with van der Waals surface area (Å²) in [6, 6.07) is 0. The van der Waals surface area contributed by atoms with Gasteiger partial charge in [0.2, 0.25) is 0 Å². The van der Waals surface area contributed by atoms with Crippen molar-refractivity contribution in [2.24, 2.45) is 16.0 Å². The fourth-order valence-corrected chi connectivity index (χ4v) is 1.03. The van der Waals surface area contributed by atoms with Crippen LogP contribution in [-0.2, 0) is 9.53 Å². The molecule has 0 saturated carbocycles. The average Bonchev–Trinajstić information content (AvgIpc) is 2.82. The molecule has 0 amide bonds. The van der Waals surface area contributed by atoms with Crippen molar-refractivity contribution in [3.63, 3.8) is 0 Å². The van der Waals surface area contributed by atoms with Gasteiger partial charge in [-0.25, -0.2) is 0 Å². The summed E-state index contributed by atoms with van der Waals surface area (Å²) in [5.41, 5.74) is 5.01. The molecule has 0 atom stereocenters. The van der Waals surface area contributed by atoms with E-state index in [2.05, 4.69) is 15.0 Å². The summed E-state index contributed by atoms with van der Waals surface area (Å²) < 4.78 is 4.50. The zero-order valence-electron chi connectivity index (χ0n) is 7.52. The Hall–Kier alpha value is -0.680. The van der Waals surface area contributed by atoms with Gasteiger partial charge >= 0.3 is 5.97 Å². The Morgan fingerprint density at radius 2 is 2.08 bits per heavy atom. The normalized spacial score (nSPS) is 16.2. The highest BCUT2D eigenvalue weighted by atomic mass is 35.5. The van der Waals surface area contributed by atoms with Crippen LogP contribution in [-0.4, -0.2) is 25.3 Å². The van der Waals surface area contributed by atoms with Crippen molar-refractivity contribution in [1.29, 1.82) is 0 Å². The molecule has 0 aromatic heterocycles. The summed E-state index contributed by atoms with van der Waals surface area (Å²) in [5.74, 6) is -0.219. The Labute approximate surface area is 83.1 Å². The summed E-state index contributed by atoms with van der Waals surface area (Å²) >= 11 is 0. The number of esters is 1. The van der Waals surface area contributed by atoms with Crippen LogP contribution in [0.25, 0.3) is 0 Å². The van der Waals surface area contributed by atoms with Crippen molar-refractivity contribution in [3.8, 4) is 0 Å².